The van der Waals surface area contributed by atoms with Crippen LogP contribution in [0.1, 0.15) is 24.5 Å². The second-order valence-electron chi connectivity index (χ2n) is 10.6. The Kier molecular flexibility index (Phi) is 12.8. The van der Waals surface area contributed by atoms with Crippen LogP contribution in [0.15, 0.2) is 68.6 Å². The van der Waals surface area contributed by atoms with Gasteiger partial charge in [-0.05, 0) is 61.0 Å². The molecule has 4 rings (SSSR count). The molecule has 0 saturated carbocycles. The molecule has 0 aliphatic carbocycles. The van der Waals surface area contributed by atoms with E-state index in [-0.39, 0.29) is 42.4 Å². The van der Waals surface area contributed by atoms with Gasteiger partial charge < -0.3 is 9.47 Å². The lowest BCUT2D eigenvalue weighted by Crippen LogP contribution is -2.25. The second-order valence-corrected chi connectivity index (χ2v) is 13.5. The van der Waals surface area contributed by atoms with Crippen LogP contribution in [-0.2, 0) is 28.8 Å². The number of rotatable bonds is 14. The molecule has 25 heteroatoms. The monoisotopic (exact) mass is 856 g/mol. The average molecular weight is 857 g/mol. The fraction of sp³-hybridized carbons (Fsp3) is 0.161. The molecule has 0 aliphatic heterocycles. The molecule has 0 atom stereocenters. The maximum atomic E-state index is 13.9. The zero-order chi connectivity index (χ0) is 41.9. The second kappa shape index (κ2) is 16.6. The summed E-state index contributed by atoms with van der Waals surface area (Å²) in [6.07, 6.45) is -5.31. The number of ether oxygens (including phenoxy) is 2. The first kappa shape index (κ1) is 43.1. The third kappa shape index (κ3) is 9.26. The first-order valence-corrected chi connectivity index (χ1v) is 17.4. The standard InChI is InChI=1S/C31H17F13N2O8S2/c1-13(45-53-55(47,48)28-24(38)20(34)18(32)21(35)25(28)39)14-3-7-16(8-4-14)51-11-2-12-52-17-9-5-15(6-10-17)30(31(42,43)44)46-54-56(49,50)29-26(40)22(36)19(33)23(37)27(29)41/h3-10H,2,11-12H2,1H3/b45-13+,46-30-. The van der Waals surface area contributed by atoms with Crippen molar-refractivity contribution in [1.82, 2.24) is 0 Å². The van der Waals surface area contributed by atoms with E-state index < -0.39 is 106 Å². The molecule has 0 saturated heterocycles. The summed E-state index contributed by atoms with van der Waals surface area (Å²) in [6, 6.07) is 8.72. The summed E-state index contributed by atoms with van der Waals surface area (Å²) in [6.45, 7) is 1.06. The van der Waals surface area contributed by atoms with Crippen molar-refractivity contribution in [3.63, 3.8) is 0 Å². The number of hydrogen-bond donors (Lipinski definition) is 0. The van der Waals surface area contributed by atoms with Crippen molar-refractivity contribution >= 4 is 31.7 Å². The van der Waals surface area contributed by atoms with Gasteiger partial charge in [0.15, 0.2) is 62.0 Å². The van der Waals surface area contributed by atoms with E-state index in [0.717, 1.165) is 24.3 Å². The highest BCUT2D eigenvalue weighted by molar-refractivity contribution is 7.87. The quantitative estimate of drug-likeness (QED) is 0.0315. The van der Waals surface area contributed by atoms with Gasteiger partial charge in [-0.15, -0.1) is 0 Å². The van der Waals surface area contributed by atoms with Crippen LogP contribution in [0.25, 0.3) is 0 Å². The first-order valence-electron chi connectivity index (χ1n) is 14.6. The molecular formula is C31H17F13N2O8S2. The normalized spacial score (nSPS) is 12.8. The molecule has 302 valence electrons. The highest BCUT2D eigenvalue weighted by Gasteiger charge is 2.40. The van der Waals surface area contributed by atoms with Crippen molar-refractivity contribution < 1.29 is 92.0 Å². The Balaban J connectivity index is 1.32. The molecule has 0 spiro atoms. The summed E-state index contributed by atoms with van der Waals surface area (Å²) in [7, 11) is -11.7. The van der Waals surface area contributed by atoms with Crippen LogP contribution in [0.4, 0.5) is 57.1 Å². The van der Waals surface area contributed by atoms with E-state index in [1.165, 1.54) is 31.2 Å². The van der Waals surface area contributed by atoms with Crippen molar-refractivity contribution in [3.05, 3.63) is 118 Å². The molecule has 4 aromatic carbocycles. The topological polar surface area (TPSA) is 130 Å². The number of oxime groups is 2. The van der Waals surface area contributed by atoms with Crippen LogP contribution < -0.4 is 9.47 Å². The minimum Gasteiger partial charge on any atom is -0.493 e. The number of halogens is 13. The van der Waals surface area contributed by atoms with Crippen molar-refractivity contribution in [2.24, 2.45) is 10.3 Å². The Morgan fingerprint density at radius 3 is 1.20 bits per heavy atom. The Morgan fingerprint density at radius 2 is 0.839 bits per heavy atom. The predicted octanol–water partition coefficient (Wildman–Crippen LogP) is 7.73. The zero-order valence-electron chi connectivity index (χ0n) is 27.1. The molecule has 0 heterocycles. The molecule has 0 amide bonds. The number of hydrogen-bond acceptors (Lipinski definition) is 10. The van der Waals surface area contributed by atoms with Crippen LogP contribution in [0.2, 0.25) is 0 Å². The van der Waals surface area contributed by atoms with Crippen LogP contribution >= 0.6 is 0 Å². The van der Waals surface area contributed by atoms with Crippen LogP contribution in [0.5, 0.6) is 11.5 Å². The van der Waals surface area contributed by atoms with Crippen LogP contribution in [-0.4, -0.2) is 47.6 Å². The van der Waals surface area contributed by atoms with Crippen molar-refractivity contribution in [3.8, 4) is 11.5 Å². The third-order valence-electron chi connectivity index (χ3n) is 6.83. The largest absolute Gasteiger partial charge is 0.493 e. The van der Waals surface area contributed by atoms with E-state index in [0.29, 0.717) is 0 Å². The lowest BCUT2D eigenvalue weighted by molar-refractivity contribution is -0.0597. The van der Waals surface area contributed by atoms with Crippen molar-refractivity contribution in [2.75, 3.05) is 13.2 Å². The Morgan fingerprint density at radius 1 is 0.518 bits per heavy atom. The van der Waals surface area contributed by atoms with Crippen LogP contribution in [0, 0.1) is 58.2 Å². The molecule has 0 bridgehead atoms. The van der Waals surface area contributed by atoms with E-state index in [4.69, 9.17) is 9.47 Å². The fourth-order valence-electron chi connectivity index (χ4n) is 4.14. The van der Waals surface area contributed by atoms with Gasteiger partial charge in [0.1, 0.15) is 11.5 Å². The maximum absolute atomic E-state index is 13.9. The van der Waals surface area contributed by atoms with Gasteiger partial charge in [0, 0.05) is 12.0 Å². The van der Waals surface area contributed by atoms with E-state index in [1.807, 2.05) is 0 Å². The molecule has 10 nitrogen and oxygen atoms in total. The van der Waals surface area contributed by atoms with Gasteiger partial charge in [0.2, 0.25) is 11.6 Å². The third-order valence-corrected chi connectivity index (χ3v) is 9.09. The highest BCUT2D eigenvalue weighted by Crippen LogP contribution is 2.31. The van der Waals surface area contributed by atoms with E-state index in [1.54, 1.807) is 0 Å². The van der Waals surface area contributed by atoms with Gasteiger partial charge in [-0.1, -0.05) is 10.3 Å². The predicted molar refractivity (Wildman–Crippen MR) is 162 cm³/mol. The van der Waals surface area contributed by atoms with Gasteiger partial charge in [0.25, 0.3) is 0 Å². The van der Waals surface area contributed by atoms with Gasteiger partial charge >= 0.3 is 26.4 Å². The van der Waals surface area contributed by atoms with Gasteiger partial charge in [0.05, 0.1) is 18.9 Å². The smallest absolute Gasteiger partial charge is 0.437 e. The SMILES string of the molecule is C/C(=N\OS(=O)(=O)c1c(F)c(F)c(F)c(F)c1F)c1ccc(OCCCOc2ccc(/C(=N/OS(=O)(=O)c3c(F)c(F)c(F)c(F)c3F)C(F)(F)F)cc2)cc1. The molecule has 0 N–H and O–H groups in total. The van der Waals surface area contributed by atoms with Gasteiger partial charge in [-0.3, -0.25) is 8.57 Å². The Bertz CT molecular complexity index is 2370. The fourth-order valence-corrected chi connectivity index (χ4v) is 5.90. The average Bonchev–Trinajstić information content (AvgIpc) is 3.13. The Labute approximate surface area is 305 Å². The molecule has 0 radical (unpaired) electrons. The summed E-state index contributed by atoms with van der Waals surface area (Å²) in [5.41, 5.74) is -3.03. The molecule has 0 aliphatic rings. The Hall–Kier alpha value is -5.59. The van der Waals surface area contributed by atoms with E-state index >= 15 is 0 Å². The summed E-state index contributed by atoms with van der Waals surface area (Å²) in [5.74, 6) is -26.7. The molecule has 0 unspecified atom stereocenters. The van der Waals surface area contributed by atoms with E-state index in [9.17, 15) is 73.9 Å². The molecular weight excluding hydrogens is 839 g/mol. The number of alkyl halides is 3. The molecule has 0 aromatic heterocycles. The van der Waals surface area contributed by atoms with Crippen molar-refractivity contribution in [2.45, 2.75) is 29.3 Å². The zero-order valence-corrected chi connectivity index (χ0v) is 28.8. The van der Waals surface area contributed by atoms with E-state index in [2.05, 4.69) is 18.9 Å². The van der Waals surface area contributed by atoms with Gasteiger partial charge in [-0.2, -0.15) is 30.0 Å². The van der Waals surface area contributed by atoms with Crippen LogP contribution in [0.3, 0.4) is 0 Å². The minimum absolute atomic E-state index is 0.0203. The summed E-state index contributed by atoms with van der Waals surface area (Å²) >= 11 is 0. The molecule has 0 fully saturated rings. The highest BCUT2D eigenvalue weighted by atomic mass is 32.2. The summed E-state index contributed by atoms with van der Waals surface area (Å²) in [5, 5.41) is 5.53. The van der Waals surface area contributed by atoms with Gasteiger partial charge in [-0.25, -0.2) is 43.9 Å². The summed E-state index contributed by atoms with van der Waals surface area (Å²) in [4.78, 5) is -4.82. The number of benzene rings is 4. The summed E-state index contributed by atoms with van der Waals surface area (Å²) < 4.78 is 244. The lowest BCUT2D eigenvalue weighted by atomic mass is 10.1. The molecule has 4 aromatic rings. The number of nitrogens with zero attached hydrogens (tertiary/aromatic N) is 2. The van der Waals surface area contributed by atoms with Crippen molar-refractivity contribution in [1.29, 1.82) is 0 Å². The molecule has 56 heavy (non-hydrogen) atoms. The lowest BCUT2D eigenvalue weighted by Gasteiger charge is -2.12. The minimum atomic E-state index is -6.12. The first-order chi connectivity index (χ1) is 26.0. The maximum Gasteiger partial charge on any atom is 0.437 e.